The summed E-state index contributed by atoms with van der Waals surface area (Å²) in [6.07, 6.45) is 9.13. The van der Waals surface area contributed by atoms with Gasteiger partial charge >= 0.3 is 5.69 Å². The zero-order chi connectivity index (χ0) is 11.5. The van der Waals surface area contributed by atoms with Gasteiger partial charge < -0.3 is 5.73 Å². The summed E-state index contributed by atoms with van der Waals surface area (Å²) in [6.45, 7) is 2.90. The van der Waals surface area contributed by atoms with Crippen LogP contribution in [-0.4, -0.2) is 15.2 Å². The van der Waals surface area contributed by atoms with Gasteiger partial charge in [-0.05, 0) is 32.1 Å². The lowest BCUT2D eigenvalue weighted by molar-refractivity contribution is 0.512. The molecular formula is C12H21N3O. The Labute approximate surface area is 96.1 Å². The zero-order valence-electron chi connectivity index (χ0n) is 9.93. The van der Waals surface area contributed by atoms with Gasteiger partial charge in [-0.2, -0.15) is 0 Å². The summed E-state index contributed by atoms with van der Waals surface area (Å²) in [5, 5.41) is 0. The molecule has 0 spiro atoms. The van der Waals surface area contributed by atoms with Crippen LogP contribution < -0.4 is 11.4 Å². The lowest BCUT2D eigenvalue weighted by Crippen LogP contribution is -2.25. The number of nitrogens with two attached hydrogens (primary N) is 1. The van der Waals surface area contributed by atoms with Crippen molar-refractivity contribution in [3.63, 3.8) is 0 Å². The van der Waals surface area contributed by atoms with E-state index in [4.69, 9.17) is 5.73 Å². The number of imidazole rings is 1. The van der Waals surface area contributed by atoms with Gasteiger partial charge in [0.25, 0.3) is 0 Å². The van der Waals surface area contributed by atoms with E-state index in [-0.39, 0.29) is 11.7 Å². The van der Waals surface area contributed by atoms with Crippen LogP contribution in [-0.2, 0) is 6.54 Å². The van der Waals surface area contributed by atoms with Gasteiger partial charge in [-0.25, -0.2) is 4.79 Å². The SMILES string of the molecule is CCC(N)CCCn1ccn(C2CC2)c1=O. The molecule has 2 N–H and O–H groups in total. The summed E-state index contributed by atoms with van der Waals surface area (Å²) in [6, 6.07) is 0.757. The first kappa shape index (κ1) is 11.5. The van der Waals surface area contributed by atoms with Crippen molar-refractivity contribution in [3.8, 4) is 0 Å². The average Bonchev–Trinajstić information content (AvgIpc) is 3.05. The summed E-state index contributed by atoms with van der Waals surface area (Å²) in [5.41, 5.74) is 5.99. The fourth-order valence-electron chi connectivity index (χ4n) is 1.96. The van der Waals surface area contributed by atoms with E-state index in [9.17, 15) is 4.79 Å². The van der Waals surface area contributed by atoms with E-state index in [0.29, 0.717) is 6.04 Å². The van der Waals surface area contributed by atoms with Gasteiger partial charge in [0.15, 0.2) is 0 Å². The molecule has 1 atom stereocenters. The van der Waals surface area contributed by atoms with Crippen molar-refractivity contribution < 1.29 is 0 Å². The van der Waals surface area contributed by atoms with Gasteiger partial charge in [-0.3, -0.25) is 9.13 Å². The smallest absolute Gasteiger partial charge is 0.328 e. The molecule has 1 unspecified atom stereocenters. The summed E-state index contributed by atoms with van der Waals surface area (Å²) < 4.78 is 3.67. The van der Waals surface area contributed by atoms with E-state index in [1.165, 1.54) is 0 Å². The Hall–Kier alpha value is -1.03. The summed E-state index contributed by atoms with van der Waals surface area (Å²) in [7, 11) is 0. The second kappa shape index (κ2) is 4.87. The highest BCUT2D eigenvalue weighted by atomic mass is 16.1. The van der Waals surface area contributed by atoms with E-state index >= 15 is 0 Å². The molecule has 0 amide bonds. The Morgan fingerprint density at radius 2 is 2.25 bits per heavy atom. The number of rotatable bonds is 6. The number of aryl methyl sites for hydroxylation is 1. The molecule has 90 valence electrons. The molecule has 0 aliphatic heterocycles. The van der Waals surface area contributed by atoms with E-state index < -0.39 is 0 Å². The van der Waals surface area contributed by atoms with Crippen molar-refractivity contribution in [3.05, 3.63) is 22.9 Å². The van der Waals surface area contributed by atoms with Crippen molar-refractivity contribution in [1.82, 2.24) is 9.13 Å². The molecule has 1 heterocycles. The molecule has 1 saturated carbocycles. The highest BCUT2D eigenvalue weighted by Crippen LogP contribution is 2.33. The van der Waals surface area contributed by atoms with E-state index in [1.807, 2.05) is 17.0 Å². The lowest BCUT2D eigenvalue weighted by Gasteiger charge is -2.07. The second-order valence-electron chi connectivity index (χ2n) is 4.72. The topological polar surface area (TPSA) is 52.9 Å². The highest BCUT2D eigenvalue weighted by Gasteiger charge is 2.25. The summed E-state index contributed by atoms with van der Waals surface area (Å²) >= 11 is 0. The molecule has 0 aromatic carbocycles. The Morgan fingerprint density at radius 1 is 1.50 bits per heavy atom. The molecule has 0 radical (unpaired) electrons. The maximum atomic E-state index is 11.9. The van der Waals surface area contributed by atoms with Crippen LogP contribution in [0.15, 0.2) is 17.2 Å². The molecule has 16 heavy (non-hydrogen) atoms. The van der Waals surface area contributed by atoms with Gasteiger partial charge in [-0.1, -0.05) is 6.92 Å². The minimum atomic E-state index is 0.146. The number of hydrogen-bond donors (Lipinski definition) is 1. The molecule has 1 aliphatic carbocycles. The molecule has 1 aliphatic rings. The fraction of sp³-hybridized carbons (Fsp3) is 0.750. The Balaban J connectivity index is 1.87. The van der Waals surface area contributed by atoms with Gasteiger partial charge in [0.05, 0.1) is 0 Å². The monoisotopic (exact) mass is 223 g/mol. The van der Waals surface area contributed by atoms with Crippen LogP contribution in [0.25, 0.3) is 0 Å². The fourth-order valence-corrected chi connectivity index (χ4v) is 1.96. The molecule has 1 aromatic heterocycles. The minimum absolute atomic E-state index is 0.146. The van der Waals surface area contributed by atoms with Crippen molar-refractivity contribution in [2.75, 3.05) is 0 Å². The zero-order valence-corrected chi connectivity index (χ0v) is 9.93. The molecule has 0 bridgehead atoms. The predicted molar refractivity (Wildman–Crippen MR) is 64.5 cm³/mol. The Kier molecular flexibility index (Phi) is 3.49. The summed E-state index contributed by atoms with van der Waals surface area (Å²) in [5.74, 6) is 0. The average molecular weight is 223 g/mol. The molecule has 2 rings (SSSR count). The number of hydrogen-bond acceptors (Lipinski definition) is 2. The first-order chi connectivity index (χ1) is 7.72. The number of aromatic nitrogens is 2. The van der Waals surface area contributed by atoms with E-state index in [0.717, 1.165) is 38.6 Å². The molecule has 0 saturated heterocycles. The van der Waals surface area contributed by atoms with Gasteiger partial charge in [0.2, 0.25) is 0 Å². The van der Waals surface area contributed by atoms with Crippen LogP contribution >= 0.6 is 0 Å². The molecule has 4 heteroatoms. The van der Waals surface area contributed by atoms with Crippen molar-refractivity contribution in [1.29, 1.82) is 0 Å². The largest absolute Gasteiger partial charge is 0.328 e. The third-order valence-corrected chi connectivity index (χ3v) is 3.31. The molecular weight excluding hydrogens is 202 g/mol. The predicted octanol–water partition coefficient (Wildman–Crippen LogP) is 1.50. The maximum absolute atomic E-state index is 11.9. The maximum Gasteiger partial charge on any atom is 0.328 e. The van der Waals surface area contributed by atoms with Gasteiger partial charge in [0.1, 0.15) is 0 Å². The van der Waals surface area contributed by atoms with E-state index in [2.05, 4.69) is 6.92 Å². The lowest BCUT2D eigenvalue weighted by atomic mass is 10.1. The van der Waals surface area contributed by atoms with Gasteiger partial charge in [0, 0.05) is 31.0 Å². The van der Waals surface area contributed by atoms with Crippen LogP contribution in [0.5, 0.6) is 0 Å². The third kappa shape index (κ3) is 2.55. The Bertz CT molecular complexity index is 389. The minimum Gasteiger partial charge on any atom is -0.328 e. The van der Waals surface area contributed by atoms with Crippen molar-refractivity contribution in [2.45, 2.75) is 57.7 Å². The van der Waals surface area contributed by atoms with Crippen molar-refractivity contribution in [2.24, 2.45) is 5.73 Å². The Morgan fingerprint density at radius 3 is 2.88 bits per heavy atom. The van der Waals surface area contributed by atoms with Crippen LogP contribution in [0.2, 0.25) is 0 Å². The first-order valence-corrected chi connectivity index (χ1v) is 6.25. The van der Waals surface area contributed by atoms with Crippen LogP contribution in [0, 0.1) is 0 Å². The molecule has 1 aromatic rings. The molecule has 4 nitrogen and oxygen atoms in total. The second-order valence-corrected chi connectivity index (χ2v) is 4.72. The van der Waals surface area contributed by atoms with Crippen LogP contribution in [0.4, 0.5) is 0 Å². The first-order valence-electron chi connectivity index (χ1n) is 6.25. The summed E-state index contributed by atoms with van der Waals surface area (Å²) in [4.78, 5) is 11.9. The van der Waals surface area contributed by atoms with Crippen molar-refractivity contribution >= 4 is 0 Å². The third-order valence-electron chi connectivity index (χ3n) is 3.31. The normalized spacial score (nSPS) is 17.6. The standard InChI is InChI=1S/C12H21N3O/c1-2-10(13)4-3-7-14-8-9-15(12(14)16)11-5-6-11/h8-11H,2-7,13H2,1H3. The number of nitrogens with zero attached hydrogens (tertiary/aromatic N) is 2. The van der Waals surface area contributed by atoms with E-state index in [1.54, 1.807) is 4.57 Å². The van der Waals surface area contributed by atoms with Gasteiger partial charge in [-0.15, -0.1) is 0 Å². The van der Waals surface area contributed by atoms with Crippen LogP contribution in [0.3, 0.4) is 0 Å². The quantitative estimate of drug-likeness (QED) is 0.794. The molecule has 1 fully saturated rings. The van der Waals surface area contributed by atoms with Crippen LogP contribution in [0.1, 0.15) is 45.1 Å². The highest BCUT2D eigenvalue weighted by molar-refractivity contribution is 4.91.